The maximum Gasteiger partial charge on any atom is 0.320 e. The van der Waals surface area contributed by atoms with Gasteiger partial charge in [-0.1, -0.05) is 12.1 Å². The number of nitrogens with zero attached hydrogens (tertiary/aromatic N) is 3. The first-order valence-electron chi connectivity index (χ1n) is 7.64. The highest BCUT2D eigenvalue weighted by Gasteiger charge is 2.23. The Kier molecular flexibility index (Phi) is 5.56. The Balaban J connectivity index is 1.83. The Morgan fingerprint density at radius 3 is 2.19 bits per heavy atom. The SMILES string of the molecule is CCN(CC)C(=O)N1CCN(Cc2ccc(F)cc2)CC1. The molecular weight excluding hydrogens is 269 g/mol. The van der Waals surface area contributed by atoms with Crippen molar-refractivity contribution >= 4 is 6.03 Å². The van der Waals surface area contributed by atoms with Crippen LogP contribution in [0.3, 0.4) is 0 Å². The Labute approximate surface area is 126 Å². The minimum absolute atomic E-state index is 0.140. The summed E-state index contributed by atoms with van der Waals surface area (Å²) in [5, 5.41) is 0. The minimum atomic E-state index is -0.201. The molecule has 0 radical (unpaired) electrons. The predicted molar refractivity (Wildman–Crippen MR) is 81.6 cm³/mol. The molecule has 1 fully saturated rings. The predicted octanol–water partition coefficient (Wildman–Crippen LogP) is 2.41. The van der Waals surface area contributed by atoms with E-state index in [1.807, 2.05) is 35.8 Å². The van der Waals surface area contributed by atoms with Gasteiger partial charge in [0.1, 0.15) is 5.82 Å². The molecule has 21 heavy (non-hydrogen) atoms. The molecule has 0 atom stereocenters. The van der Waals surface area contributed by atoms with Gasteiger partial charge in [0.2, 0.25) is 0 Å². The van der Waals surface area contributed by atoms with Gasteiger partial charge in [0.15, 0.2) is 0 Å². The molecule has 0 spiro atoms. The number of rotatable bonds is 4. The van der Waals surface area contributed by atoms with E-state index in [9.17, 15) is 9.18 Å². The van der Waals surface area contributed by atoms with E-state index < -0.39 is 0 Å². The number of halogens is 1. The first-order chi connectivity index (χ1) is 10.1. The van der Waals surface area contributed by atoms with Crippen molar-refractivity contribution in [3.8, 4) is 0 Å². The Hall–Kier alpha value is -1.62. The van der Waals surface area contributed by atoms with Gasteiger partial charge in [-0.15, -0.1) is 0 Å². The van der Waals surface area contributed by atoms with Crippen LogP contribution in [-0.2, 0) is 6.54 Å². The number of hydrogen-bond acceptors (Lipinski definition) is 2. The second-order valence-corrected chi connectivity index (χ2v) is 5.34. The fourth-order valence-electron chi connectivity index (χ4n) is 2.64. The van der Waals surface area contributed by atoms with Gasteiger partial charge in [0.05, 0.1) is 0 Å². The smallest absolute Gasteiger partial charge is 0.320 e. The zero-order chi connectivity index (χ0) is 15.2. The molecule has 0 saturated carbocycles. The van der Waals surface area contributed by atoms with E-state index in [1.165, 1.54) is 12.1 Å². The van der Waals surface area contributed by atoms with Crippen LogP contribution in [0.4, 0.5) is 9.18 Å². The Morgan fingerprint density at radius 1 is 1.10 bits per heavy atom. The molecule has 116 valence electrons. The van der Waals surface area contributed by atoms with Crippen LogP contribution in [-0.4, -0.2) is 60.0 Å². The van der Waals surface area contributed by atoms with Crippen LogP contribution in [0.2, 0.25) is 0 Å². The Bertz CT molecular complexity index is 451. The molecule has 0 aliphatic carbocycles. The lowest BCUT2D eigenvalue weighted by molar-refractivity contribution is 0.112. The summed E-state index contributed by atoms with van der Waals surface area (Å²) in [6, 6.07) is 6.78. The third-order valence-electron chi connectivity index (χ3n) is 4.00. The van der Waals surface area contributed by atoms with Crippen LogP contribution >= 0.6 is 0 Å². The van der Waals surface area contributed by atoms with E-state index in [-0.39, 0.29) is 11.8 Å². The zero-order valence-corrected chi connectivity index (χ0v) is 12.9. The van der Waals surface area contributed by atoms with Crippen LogP contribution in [0.15, 0.2) is 24.3 Å². The highest BCUT2D eigenvalue weighted by Crippen LogP contribution is 2.11. The van der Waals surface area contributed by atoms with Crippen molar-refractivity contribution in [2.45, 2.75) is 20.4 Å². The zero-order valence-electron chi connectivity index (χ0n) is 12.9. The average molecular weight is 293 g/mol. The van der Waals surface area contributed by atoms with E-state index in [0.29, 0.717) is 0 Å². The van der Waals surface area contributed by atoms with Crippen LogP contribution in [0.25, 0.3) is 0 Å². The number of carbonyl (C=O) groups excluding carboxylic acids is 1. The number of amides is 2. The lowest BCUT2D eigenvalue weighted by Gasteiger charge is -2.37. The molecule has 1 aromatic carbocycles. The highest BCUT2D eigenvalue weighted by molar-refractivity contribution is 5.74. The first kappa shape index (κ1) is 15.8. The topological polar surface area (TPSA) is 26.8 Å². The summed E-state index contributed by atoms with van der Waals surface area (Å²) in [5.74, 6) is -0.201. The molecule has 0 N–H and O–H groups in total. The van der Waals surface area contributed by atoms with Gasteiger partial charge < -0.3 is 9.80 Å². The summed E-state index contributed by atoms with van der Waals surface area (Å²) in [6.45, 7) is 9.59. The molecule has 2 amide bonds. The fourth-order valence-corrected chi connectivity index (χ4v) is 2.64. The van der Waals surface area contributed by atoms with Crippen molar-refractivity contribution in [1.82, 2.24) is 14.7 Å². The second-order valence-electron chi connectivity index (χ2n) is 5.34. The molecule has 4 nitrogen and oxygen atoms in total. The van der Waals surface area contributed by atoms with Crippen molar-refractivity contribution in [3.63, 3.8) is 0 Å². The molecule has 1 heterocycles. The normalized spacial score (nSPS) is 16.0. The van der Waals surface area contributed by atoms with Crippen molar-refractivity contribution in [3.05, 3.63) is 35.6 Å². The van der Waals surface area contributed by atoms with Crippen LogP contribution in [0.5, 0.6) is 0 Å². The van der Waals surface area contributed by atoms with Crippen molar-refractivity contribution in [2.24, 2.45) is 0 Å². The summed E-state index contributed by atoms with van der Waals surface area (Å²) >= 11 is 0. The summed E-state index contributed by atoms with van der Waals surface area (Å²) in [4.78, 5) is 18.3. The molecule has 1 saturated heterocycles. The van der Waals surface area contributed by atoms with Crippen LogP contribution in [0, 0.1) is 5.82 Å². The maximum atomic E-state index is 12.9. The van der Waals surface area contributed by atoms with Gasteiger partial charge in [0, 0.05) is 45.8 Å². The van der Waals surface area contributed by atoms with Crippen LogP contribution in [0.1, 0.15) is 19.4 Å². The van der Waals surface area contributed by atoms with E-state index in [2.05, 4.69) is 4.90 Å². The third-order valence-corrected chi connectivity index (χ3v) is 4.00. The molecule has 2 rings (SSSR count). The molecule has 0 bridgehead atoms. The maximum absolute atomic E-state index is 12.9. The van der Waals surface area contributed by atoms with E-state index in [0.717, 1.165) is 51.4 Å². The summed E-state index contributed by atoms with van der Waals surface area (Å²) < 4.78 is 12.9. The van der Waals surface area contributed by atoms with Gasteiger partial charge in [-0.05, 0) is 31.5 Å². The molecule has 1 aliphatic rings. The van der Waals surface area contributed by atoms with Gasteiger partial charge in [0.25, 0.3) is 0 Å². The Morgan fingerprint density at radius 2 is 1.67 bits per heavy atom. The van der Waals surface area contributed by atoms with E-state index in [4.69, 9.17) is 0 Å². The molecule has 5 heteroatoms. The largest absolute Gasteiger partial charge is 0.325 e. The number of piperazine rings is 1. The molecule has 1 aliphatic heterocycles. The van der Waals surface area contributed by atoms with Crippen molar-refractivity contribution in [2.75, 3.05) is 39.3 Å². The fraction of sp³-hybridized carbons (Fsp3) is 0.562. The molecule has 0 unspecified atom stereocenters. The number of hydrogen-bond donors (Lipinski definition) is 0. The lowest BCUT2D eigenvalue weighted by Crippen LogP contribution is -2.52. The van der Waals surface area contributed by atoms with Crippen LogP contribution < -0.4 is 0 Å². The minimum Gasteiger partial charge on any atom is -0.325 e. The lowest BCUT2D eigenvalue weighted by atomic mass is 10.2. The highest BCUT2D eigenvalue weighted by atomic mass is 19.1. The summed E-state index contributed by atoms with van der Waals surface area (Å²) in [7, 11) is 0. The second kappa shape index (κ2) is 7.41. The van der Waals surface area contributed by atoms with Crippen molar-refractivity contribution in [1.29, 1.82) is 0 Å². The number of benzene rings is 1. The number of carbonyl (C=O) groups is 1. The average Bonchev–Trinajstić information content (AvgIpc) is 2.51. The number of urea groups is 1. The van der Waals surface area contributed by atoms with Gasteiger partial charge >= 0.3 is 6.03 Å². The standard InChI is InChI=1S/C16H24FN3O/c1-3-19(4-2)16(21)20-11-9-18(10-12-20)13-14-5-7-15(17)8-6-14/h5-8H,3-4,9-13H2,1-2H3. The van der Waals surface area contributed by atoms with Gasteiger partial charge in [-0.2, -0.15) is 0 Å². The monoisotopic (exact) mass is 293 g/mol. The third kappa shape index (κ3) is 4.17. The van der Waals surface area contributed by atoms with Gasteiger partial charge in [-0.3, -0.25) is 4.90 Å². The molecule has 1 aromatic rings. The summed E-state index contributed by atoms with van der Waals surface area (Å²) in [6.07, 6.45) is 0. The van der Waals surface area contributed by atoms with E-state index in [1.54, 1.807) is 0 Å². The summed E-state index contributed by atoms with van der Waals surface area (Å²) in [5.41, 5.74) is 1.11. The quantitative estimate of drug-likeness (QED) is 0.852. The van der Waals surface area contributed by atoms with Crippen molar-refractivity contribution < 1.29 is 9.18 Å². The molecular formula is C16H24FN3O. The molecule has 0 aromatic heterocycles. The van der Waals surface area contributed by atoms with Gasteiger partial charge in [-0.25, -0.2) is 9.18 Å². The first-order valence-corrected chi connectivity index (χ1v) is 7.64. The van der Waals surface area contributed by atoms with E-state index >= 15 is 0 Å².